The van der Waals surface area contributed by atoms with Gasteiger partial charge < -0.3 is 9.88 Å². The van der Waals surface area contributed by atoms with E-state index in [4.69, 9.17) is 0 Å². The van der Waals surface area contributed by atoms with Gasteiger partial charge in [0.15, 0.2) is 0 Å². The number of sulfonamides is 1. The second kappa shape index (κ2) is 11.2. The van der Waals surface area contributed by atoms with Gasteiger partial charge in [0.2, 0.25) is 15.9 Å². The average Bonchev–Trinajstić information content (AvgIpc) is 3.34. The number of thiazole rings is 1. The van der Waals surface area contributed by atoms with Gasteiger partial charge in [-0.15, -0.1) is 11.3 Å². The number of aromatic nitrogens is 3. The van der Waals surface area contributed by atoms with Crippen molar-refractivity contribution in [2.45, 2.75) is 57.8 Å². The number of rotatable bonds is 12. The number of fused-ring (bicyclic) bond motifs is 1. The van der Waals surface area contributed by atoms with E-state index in [1.54, 1.807) is 29.5 Å². The quantitative estimate of drug-likeness (QED) is 0.392. The maximum atomic E-state index is 12.8. The fourth-order valence-corrected chi connectivity index (χ4v) is 6.08. The molecule has 0 unspecified atom stereocenters. The lowest BCUT2D eigenvalue weighted by Gasteiger charge is -2.18. The first kappa shape index (κ1) is 25.3. The molecule has 180 valence electrons. The second-order valence-corrected chi connectivity index (χ2v) is 10.9. The Morgan fingerprint density at radius 3 is 2.58 bits per heavy atom. The summed E-state index contributed by atoms with van der Waals surface area (Å²) in [6.07, 6.45) is 3.69. The molecule has 8 nitrogen and oxygen atoms in total. The van der Waals surface area contributed by atoms with Gasteiger partial charge in [-0.2, -0.15) is 4.31 Å². The van der Waals surface area contributed by atoms with E-state index in [0.29, 0.717) is 38.0 Å². The Morgan fingerprint density at radius 2 is 1.91 bits per heavy atom. The summed E-state index contributed by atoms with van der Waals surface area (Å²) in [6, 6.07) is 5.03. The molecular formula is C23H33N5O3S2. The third-order valence-corrected chi connectivity index (χ3v) is 8.74. The summed E-state index contributed by atoms with van der Waals surface area (Å²) in [5.74, 6) is 0.758. The van der Waals surface area contributed by atoms with Crippen molar-refractivity contribution in [3.63, 3.8) is 0 Å². The van der Waals surface area contributed by atoms with Crippen molar-refractivity contribution in [2.24, 2.45) is 7.05 Å². The van der Waals surface area contributed by atoms with Crippen LogP contribution in [-0.2, 0) is 34.7 Å². The molecule has 0 saturated carbocycles. The lowest BCUT2D eigenvalue weighted by molar-refractivity contribution is -0.121. The molecule has 2 heterocycles. The molecule has 0 aliphatic carbocycles. The van der Waals surface area contributed by atoms with Crippen LogP contribution in [0.1, 0.15) is 49.6 Å². The highest BCUT2D eigenvalue weighted by molar-refractivity contribution is 7.89. The molecule has 0 saturated heterocycles. The van der Waals surface area contributed by atoms with Crippen LogP contribution in [0.2, 0.25) is 0 Å². The Labute approximate surface area is 200 Å². The predicted octanol–water partition coefficient (Wildman–Crippen LogP) is 3.44. The zero-order valence-electron chi connectivity index (χ0n) is 19.8. The number of unbranched alkanes of at least 4 members (excludes halogenated alkanes) is 1. The summed E-state index contributed by atoms with van der Waals surface area (Å²) < 4.78 is 29.0. The van der Waals surface area contributed by atoms with Gasteiger partial charge in [-0.25, -0.2) is 18.4 Å². The summed E-state index contributed by atoms with van der Waals surface area (Å²) in [6.45, 7) is 7.14. The van der Waals surface area contributed by atoms with E-state index < -0.39 is 10.0 Å². The van der Waals surface area contributed by atoms with Gasteiger partial charge in [-0.05, 0) is 44.4 Å². The lowest BCUT2D eigenvalue weighted by atomic mass is 10.2. The summed E-state index contributed by atoms with van der Waals surface area (Å²) in [5, 5.41) is 6.18. The average molecular weight is 492 g/mol. The van der Waals surface area contributed by atoms with Gasteiger partial charge in [-0.1, -0.05) is 13.8 Å². The van der Waals surface area contributed by atoms with Crippen molar-refractivity contribution in [1.82, 2.24) is 24.2 Å². The van der Waals surface area contributed by atoms with Crippen molar-refractivity contribution in [2.75, 3.05) is 19.6 Å². The van der Waals surface area contributed by atoms with E-state index in [2.05, 4.69) is 20.7 Å². The van der Waals surface area contributed by atoms with Gasteiger partial charge in [0.25, 0.3) is 0 Å². The van der Waals surface area contributed by atoms with E-state index in [1.807, 2.05) is 32.4 Å². The molecule has 2 aromatic heterocycles. The van der Waals surface area contributed by atoms with E-state index in [1.165, 1.54) is 4.31 Å². The molecular weight excluding hydrogens is 458 g/mol. The molecule has 0 atom stereocenters. The van der Waals surface area contributed by atoms with Crippen molar-refractivity contribution in [1.29, 1.82) is 0 Å². The fraction of sp³-hybridized carbons (Fsp3) is 0.522. The zero-order chi connectivity index (χ0) is 24.0. The van der Waals surface area contributed by atoms with Crippen LogP contribution >= 0.6 is 11.3 Å². The van der Waals surface area contributed by atoms with E-state index in [-0.39, 0.29) is 10.8 Å². The van der Waals surface area contributed by atoms with Crippen LogP contribution in [0.4, 0.5) is 0 Å². The molecule has 0 bridgehead atoms. The third kappa shape index (κ3) is 6.18. The number of benzene rings is 1. The minimum absolute atomic E-state index is 0.00282. The smallest absolute Gasteiger partial charge is 0.243 e. The number of amides is 1. The second-order valence-electron chi connectivity index (χ2n) is 8.02. The third-order valence-electron chi connectivity index (χ3n) is 5.67. The number of nitrogens with zero attached hydrogens (tertiary/aromatic N) is 4. The zero-order valence-corrected chi connectivity index (χ0v) is 21.4. The molecule has 0 radical (unpaired) electrons. The molecule has 1 amide bonds. The Hall–Kier alpha value is -2.30. The maximum absolute atomic E-state index is 12.8. The Balaban J connectivity index is 1.53. The van der Waals surface area contributed by atoms with E-state index in [0.717, 1.165) is 41.3 Å². The highest BCUT2D eigenvalue weighted by Crippen LogP contribution is 2.22. The minimum Gasteiger partial charge on any atom is -0.356 e. The lowest BCUT2D eigenvalue weighted by Crippen LogP contribution is -2.30. The minimum atomic E-state index is -3.54. The Bertz CT molecular complexity index is 1200. The van der Waals surface area contributed by atoms with Gasteiger partial charge in [-0.3, -0.25) is 4.79 Å². The summed E-state index contributed by atoms with van der Waals surface area (Å²) >= 11 is 1.68. The van der Waals surface area contributed by atoms with Gasteiger partial charge >= 0.3 is 0 Å². The van der Waals surface area contributed by atoms with Crippen LogP contribution in [0.25, 0.3) is 11.0 Å². The molecule has 3 rings (SSSR count). The molecule has 0 aliphatic rings. The maximum Gasteiger partial charge on any atom is 0.243 e. The topological polar surface area (TPSA) is 97.2 Å². The molecule has 1 aromatic carbocycles. The number of hydrogen-bond donors (Lipinski definition) is 1. The first-order chi connectivity index (χ1) is 15.8. The van der Waals surface area contributed by atoms with Crippen molar-refractivity contribution < 1.29 is 13.2 Å². The van der Waals surface area contributed by atoms with Crippen molar-refractivity contribution >= 4 is 38.3 Å². The van der Waals surface area contributed by atoms with E-state index >= 15 is 0 Å². The first-order valence-electron chi connectivity index (χ1n) is 11.4. The van der Waals surface area contributed by atoms with Crippen LogP contribution in [0.3, 0.4) is 0 Å². The molecule has 0 spiro atoms. The van der Waals surface area contributed by atoms with Crippen molar-refractivity contribution in [3.05, 3.63) is 40.1 Å². The molecule has 33 heavy (non-hydrogen) atoms. The predicted molar refractivity (Wildman–Crippen MR) is 132 cm³/mol. The summed E-state index contributed by atoms with van der Waals surface area (Å²) in [5.41, 5.74) is 2.53. The number of carbonyl (C=O) groups is 1. The SMILES string of the molecule is CCN(CC)S(=O)(=O)c1ccc2c(c1)nc(CCC(=O)NCCCCc1nc(C)cs1)n2C. The Morgan fingerprint density at radius 1 is 1.15 bits per heavy atom. The molecule has 0 aliphatic heterocycles. The number of imidazole rings is 1. The van der Waals surface area contributed by atoms with Crippen LogP contribution in [-0.4, -0.2) is 52.8 Å². The first-order valence-corrected chi connectivity index (χ1v) is 13.7. The normalized spacial score (nSPS) is 12.0. The number of nitrogens with one attached hydrogen (secondary N) is 1. The van der Waals surface area contributed by atoms with Crippen LogP contribution < -0.4 is 5.32 Å². The molecule has 10 heteroatoms. The summed E-state index contributed by atoms with van der Waals surface area (Å²) in [4.78, 5) is 21.6. The number of carbonyl (C=O) groups excluding carboxylic acids is 1. The molecule has 0 fully saturated rings. The van der Waals surface area contributed by atoms with Crippen LogP contribution in [0.15, 0.2) is 28.5 Å². The molecule has 1 N–H and O–H groups in total. The van der Waals surface area contributed by atoms with Gasteiger partial charge in [0, 0.05) is 50.6 Å². The largest absolute Gasteiger partial charge is 0.356 e. The standard InChI is InChI=1S/C23H33N5O3S2/c1-5-28(6-2)33(30,31)18-10-11-20-19(15-18)26-21(27(20)4)12-13-22(29)24-14-8-7-9-23-25-17(3)16-32-23/h10-11,15-16H,5-9,12-14H2,1-4H3,(H,24,29). The summed E-state index contributed by atoms with van der Waals surface area (Å²) in [7, 11) is -1.65. The molecule has 3 aromatic rings. The number of hydrogen-bond acceptors (Lipinski definition) is 6. The van der Waals surface area contributed by atoms with E-state index in [9.17, 15) is 13.2 Å². The van der Waals surface area contributed by atoms with Gasteiger partial charge in [0.1, 0.15) is 5.82 Å². The Kier molecular flexibility index (Phi) is 8.61. The van der Waals surface area contributed by atoms with Crippen LogP contribution in [0, 0.1) is 6.92 Å². The highest BCUT2D eigenvalue weighted by Gasteiger charge is 2.22. The number of aryl methyl sites for hydroxylation is 4. The van der Waals surface area contributed by atoms with Gasteiger partial charge in [0.05, 0.1) is 20.9 Å². The monoisotopic (exact) mass is 491 g/mol. The van der Waals surface area contributed by atoms with Crippen molar-refractivity contribution in [3.8, 4) is 0 Å². The van der Waals surface area contributed by atoms with Crippen LogP contribution in [0.5, 0.6) is 0 Å². The highest BCUT2D eigenvalue weighted by atomic mass is 32.2. The fourth-order valence-electron chi connectivity index (χ4n) is 3.79.